The number of anilines is 1. The summed E-state index contributed by atoms with van der Waals surface area (Å²) in [7, 11) is -3.49. The molecule has 3 N–H and O–H groups in total. The van der Waals surface area contributed by atoms with Crippen molar-refractivity contribution in [1.29, 1.82) is 0 Å². The van der Waals surface area contributed by atoms with Gasteiger partial charge in [-0.3, -0.25) is 14.4 Å². The number of hydrogen-bond acceptors (Lipinski definition) is 6. The normalized spacial score (nSPS) is 14.7. The van der Waals surface area contributed by atoms with Crippen LogP contribution in [0.5, 0.6) is 0 Å². The zero-order valence-electron chi connectivity index (χ0n) is 30.0. The van der Waals surface area contributed by atoms with Crippen molar-refractivity contribution in [2.24, 2.45) is 5.92 Å². The van der Waals surface area contributed by atoms with Crippen molar-refractivity contribution < 1.29 is 66.7 Å². The molecule has 0 radical (unpaired) electrons. The third-order valence-electron chi connectivity index (χ3n) is 8.42. The number of Topliss-reactive ketones (excluding diaryl/α,β-unsaturated/α-hetero) is 1. The van der Waals surface area contributed by atoms with Gasteiger partial charge in [-0.1, -0.05) is 30.3 Å². The second kappa shape index (κ2) is 17.4. The lowest BCUT2D eigenvalue weighted by Crippen LogP contribution is -2.50. The van der Waals surface area contributed by atoms with Gasteiger partial charge in [-0.25, -0.2) is 12.8 Å². The molecule has 0 bridgehead atoms. The quantitative estimate of drug-likeness (QED) is 0.112. The van der Waals surface area contributed by atoms with Crippen LogP contribution in [0.2, 0.25) is 0 Å². The number of carbonyl (C=O) groups excluding carboxylic acids is 3. The Hall–Kier alpha value is -3.79. The number of alkyl halides is 10. The first-order chi connectivity index (χ1) is 25.5. The van der Waals surface area contributed by atoms with Crippen LogP contribution < -0.4 is 16.0 Å². The van der Waals surface area contributed by atoms with Crippen LogP contribution >= 0.6 is 22.6 Å². The summed E-state index contributed by atoms with van der Waals surface area (Å²) in [6, 6.07) is 9.92. The number of hydrogen-bond donors (Lipinski definition) is 3. The van der Waals surface area contributed by atoms with E-state index in [0.29, 0.717) is 21.3 Å². The van der Waals surface area contributed by atoms with E-state index in [1.165, 1.54) is 44.2 Å². The molecule has 20 heteroatoms. The molecule has 0 atom stereocenters. The van der Waals surface area contributed by atoms with E-state index < -0.39 is 68.3 Å². The van der Waals surface area contributed by atoms with Gasteiger partial charge in [-0.15, -0.1) is 0 Å². The van der Waals surface area contributed by atoms with E-state index in [4.69, 9.17) is 0 Å². The van der Waals surface area contributed by atoms with Gasteiger partial charge in [0.05, 0.1) is 22.4 Å². The summed E-state index contributed by atoms with van der Waals surface area (Å²) in [5.74, 6) is -2.26. The van der Waals surface area contributed by atoms with Crippen LogP contribution in [0.1, 0.15) is 74.5 Å². The SMILES string of the molecule is Cc1cc(C(F)(C(F)(F)F)C(F)(F)F)ccc1NC(=O)c1cccc(I)c1C(=O)NC(C)(C)CS(C)(=O)=O.O=C(c1ccc(C(F)(F)F)cc1)C1CCNCC1. The van der Waals surface area contributed by atoms with Crippen molar-refractivity contribution in [3.8, 4) is 0 Å². The van der Waals surface area contributed by atoms with E-state index in [1.807, 2.05) is 0 Å². The van der Waals surface area contributed by atoms with Crippen molar-refractivity contribution in [2.45, 2.75) is 63.3 Å². The van der Waals surface area contributed by atoms with Crippen LogP contribution in [0.4, 0.5) is 49.6 Å². The number of benzene rings is 3. The minimum atomic E-state index is -6.30. The van der Waals surface area contributed by atoms with Gasteiger partial charge in [0.15, 0.2) is 5.78 Å². The van der Waals surface area contributed by atoms with Crippen molar-refractivity contribution in [1.82, 2.24) is 10.6 Å². The number of piperidine rings is 1. The maximum atomic E-state index is 14.4. The van der Waals surface area contributed by atoms with E-state index in [9.17, 15) is 66.7 Å². The van der Waals surface area contributed by atoms with Gasteiger partial charge < -0.3 is 16.0 Å². The summed E-state index contributed by atoms with van der Waals surface area (Å²) in [4.78, 5) is 38.1. The Kier molecular flexibility index (Phi) is 14.5. The highest BCUT2D eigenvalue weighted by atomic mass is 127. The summed E-state index contributed by atoms with van der Waals surface area (Å²) in [6.45, 7) is 5.56. The minimum Gasteiger partial charge on any atom is -0.346 e. The molecule has 1 saturated heterocycles. The molecule has 0 aromatic heterocycles. The Labute approximate surface area is 329 Å². The number of ketones is 1. The largest absolute Gasteiger partial charge is 0.435 e. The van der Waals surface area contributed by atoms with E-state index in [2.05, 4.69) is 16.0 Å². The molecule has 0 aliphatic carbocycles. The first-order valence-electron chi connectivity index (χ1n) is 16.4. The summed E-state index contributed by atoms with van der Waals surface area (Å²) in [6.07, 6.45) is -14.5. The molecule has 4 rings (SSSR count). The lowest BCUT2D eigenvalue weighted by atomic mass is 9.89. The topological polar surface area (TPSA) is 121 Å². The van der Waals surface area contributed by atoms with E-state index in [-0.39, 0.29) is 40.1 Å². The Morgan fingerprint density at radius 1 is 0.804 bits per heavy atom. The minimum absolute atomic E-state index is 0.0507. The number of rotatable bonds is 9. The molecule has 0 spiro atoms. The van der Waals surface area contributed by atoms with Gasteiger partial charge in [0.2, 0.25) is 0 Å². The van der Waals surface area contributed by atoms with Crippen LogP contribution in [0.15, 0.2) is 60.7 Å². The molecular weight excluding hydrogens is 903 g/mol. The Balaban J connectivity index is 0.000000387. The van der Waals surface area contributed by atoms with Gasteiger partial charge in [-0.2, -0.15) is 39.5 Å². The molecule has 8 nitrogen and oxygen atoms in total. The van der Waals surface area contributed by atoms with Crippen LogP contribution in [-0.2, 0) is 21.7 Å². The van der Waals surface area contributed by atoms with E-state index >= 15 is 0 Å². The van der Waals surface area contributed by atoms with Crippen LogP contribution in [0.25, 0.3) is 0 Å². The predicted octanol–water partition coefficient (Wildman–Crippen LogP) is 8.58. The number of nitrogens with one attached hydrogen (secondary N) is 3. The van der Waals surface area contributed by atoms with Gasteiger partial charge in [-0.05, 0) is 105 Å². The average molecular weight is 940 g/mol. The fourth-order valence-electron chi connectivity index (χ4n) is 5.84. The monoisotopic (exact) mass is 939 g/mol. The molecule has 0 saturated carbocycles. The second-order valence-electron chi connectivity index (χ2n) is 13.7. The molecular formula is C36H36F10IN3O5S. The van der Waals surface area contributed by atoms with Crippen molar-refractivity contribution in [2.75, 3.05) is 30.4 Å². The fraction of sp³-hybridized carbons (Fsp3) is 0.417. The molecule has 308 valence electrons. The molecule has 2 amide bonds. The third kappa shape index (κ3) is 11.6. The van der Waals surface area contributed by atoms with E-state index in [0.717, 1.165) is 51.2 Å². The lowest BCUT2D eigenvalue weighted by Gasteiger charge is -2.30. The molecule has 0 unspecified atom stereocenters. The highest BCUT2D eigenvalue weighted by molar-refractivity contribution is 14.1. The molecule has 56 heavy (non-hydrogen) atoms. The van der Waals surface area contributed by atoms with E-state index in [1.54, 1.807) is 22.6 Å². The van der Waals surface area contributed by atoms with Crippen molar-refractivity contribution in [3.05, 3.63) is 97.6 Å². The maximum Gasteiger partial charge on any atom is 0.435 e. The maximum absolute atomic E-state index is 14.4. The van der Waals surface area contributed by atoms with Crippen LogP contribution in [0.3, 0.4) is 0 Å². The van der Waals surface area contributed by atoms with Gasteiger partial charge in [0.1, 0.15) is 9.84 Å². The van der Waals surface area contributed by atoms with Crippen molar-refractivity contribution in [3.63, 3.8) is 0 Å². The molecule has 1 aliphatic heterocycles. The fourth-order valence-corrected chi connectivity index (χ4v) is 7.97. The molecule has 1 heterocycles. The first-order valence-corrected chi connectivity index (χ1v) is 19.6. The Morgan fingerprint density at radius 3 is 1.82 bits per heavy atom. The second-order valence-corrected chi connectivity index (χ2v) is 17.0. The molecule has 1 aliphatic rings. The zero-order valence-corrected chi connectivity index (χ0v) is 33.0. The summed E-state index contributed by atoms with van der Waals surface area (Å²) < 4.78 is 154. The number of amides is 2. The third-order valence-corrected chi connectivity index (χ3v) is 10.6. The number of carbonyl (C=O) groups is 3. The van der Waals surface area contributed by atoms with Crippen LogP contribution in [0, 0.1) is 16.4 Å². The van der Waals surface area contributed by atoms with Crippen molar-refractivity contribution >= 4 is 55.7 Å². The molecule has 3 aromatic rings. The van der Waals surface area contributed by atoms with Crippen LogP contribution in [-0.4, -0.2) is 69.0 Å². The standard InChI is InChI=1S/C23H22F7IN2O4S.C13H14F3NO/c1-12-10-13(21(24,22(25,26)27)23(28,29)30)8-9-16(12)32-18(34)14-6-5-7-15(31)17(14)19(35)33-20(2,3)11-38(4,36)37;14-13(15,16)11-3-1-9(2-4-11)12(18)10-5-7-17-8-6-10/h5-10H,11H2,1-4H3,(H,32,34)(H,33,35);1-4,10,17H,5-8H2. The number of halogens is 11. The summed E-state index contributed by atoms with van der Waals surface area (Å²) >= 11 is 1.77. The average Bonchev–Trinajstić information content (AvgIpc) is 3.06. The number of sulfone groups is 1. The molecule has 1 fully saturated rings. The predicted molar refractivity (Wildman–Crippen MR) is 196 cm³/mol. The smallest absolute Gasteiger partial charge is 0.346 e. The number of aryl methyl sites for hydroxylation is 1. The Morgan fingerprint density at radius 2 is 1.34 bits per heavy atom. The van der Waals surface area contributed by atoms with Gasteiger partial charge in [0, 0.05) is 38.1 Å². The van der Waals surface area contributed by atoms with Gasteiger partial charge in [0.25, 0.3) is 11.8 Å². The molecule has 3 aromatic carbocycles. The highest BCUT2D eigenvalue weighted by Crippen LogP contribution is 2.53. The Bertz CT molecular complexity index is 2010. The first kappa shape index (κ1) is 46.6. The highest BCUT2D eigenvalue weighted by Gasteiger charge is 2.73. The van der Waals surface area contributed by atoms with Gasteiger partial charge >= 0.3 is 24.2 Å². The summed E-state index contributed by atoms with van der Waals surface area (Å²) in [5.41, 5.74) is -9.80. The lowest BCUT2D eigenvalue weighted by molar-refractivity contribution is -0.348. The zero-order chi connectivity index (χ0) is 42.7. The summed E-state index contributed by atoms with van der Waals surface area (Å²) in [5, 5.41) is 7.99.